The van der Waals surface area contributed by atoms with Crippen LogP contribution in [0.15, 0.2) is 24.3 Å². The number of aliphatic hydroxyl groups excluding tert-OH is 1. The number of carboxylic acids is 1. The van der Waals surface area contributed by atoms with E-state index in [1.165, 1.54) is 25.7 Å². The van der Waals surface area contributed by atoms with Crippen LogP contribution in [0.1, 0.15) is 78.6 Å². The number of rotatable bonds is 12. The lowest BCUT2D eigenvalue weighted by molar-refractivity contribution is -0.137. The normalized spacial score (nSPS) is 28.2. The first-order chi connectivity index (χ1) is 12.0. The molecule has 3 heteroatoms. The number of unbranched alkanes of at least 4 members (excludes halogenated alkanes) is 3. The molecule has 1 aliphatic carbocycles. The number of aliphatic carboxylic acids is 1. The second-order valence-electron chi connectivity index (χ2n) is 7.87. The van der Waals surface area contributed by atoms with E-state index in [0.717, 1.165) is 19.3 Å². The van der Waals surface area contributed by atoms with E-state index in [-0.39, 0.29) is 12.5 Å². The van der Waals surface area contributed by atoms with Crippen LogP contribution in [-0.2, 0) is 4.79 Å². The molecule has 0 aromatic rings. The summed E-state index contributed by atoms with van der Waals surface area (Å²) >= 11 is 0. The highest BCUT2D eigenvalue weighted by atomic mass is 16.4. The fourth-order valence-electron chi connectivity index (χ4n) is 3.91. The monoisotopic (exact) mass is 350 g/mol. The zero-order chi connectivity index (χ0) is 18.7. The van der Waals surface area contributed by atoms with Gasteiger partial charge in [-0.25, -0.2) is 0 Å². The van der Waals surface area contributed by atoms with Crippen LogP contribution in [0, 0.1) is 23.7 Å². The van der Waals surface area contributed by atoms with Crippen molar-refractivity contribution in [3.05, 3.63) is 24.3 Å². The maximum atomic E-state index is 10.5. The summed E-state index contributed by atoms with van der Waals surface area (Å²) in [6, 6.07) is 0. The highest BCUT2D eigenvalue weighted by Crippen LogP contribution is 2.40. The van der Waals surface area contributed by atoms with Crippen molar-refractivity contribution in [2.24, 2.45) is 23.7 Å². The van der Waals surface area contributed by atoms with E-state index in [0.29, 0.717) is 30.1 Å². The minimum absolute atomic E-state index is 0.219. The van der Waals surface area contributed by atoms with E-state index >= 15 is 0 Å². The van der Waals surface area contributed by atoms with Crippen LogP contribution in [-0.4, -0.2) is 22.3 Å². The number of hydrogen-bond donors (Lipinski definition) is 2. The van der Waals surface area contributed by atoms with Gasteiger partial charge >= 0.3 is 5.97 Å². The van der Waals surface area contributed by atoms with Crippen LogP contribution in [0.4, 0.5) is 0 Å². The lowest BCUT2D eigenvalue weighted by atomic mass is 9.86. The lowest BCUT2D eigenvalue weighted by Crippen LogP contribution is -2.18. The summed E-state index contributed by atoms with van der Waals surface area (Å²) in [6.07, 6.45) is 17.3. The van der Waals surface area contributed by atoms with Crippen molar-refractivity contribution in [1.82, 2.24) is 0 Å². The van der Waals surface area contributed by atoms with Crippen molar-refractivity contribution in [2.75, 3.05) is 0 Å². The minimum atomic E-state index is -0.730. The van der Waals surface area contributed by atoms with E-state index in [4.69, 9.17) is 5.11 Å². The van der Waals surface area contributed by atoms with Crippen molar-refractivity contribution in [1.29, 1.82) is 0 Å². The first-order valence-electron chi connectivity index (χ1n) is 10.2. The Morgan fingerprint density at radius 2 is 2.00 bits per heavy atom. The molecule has 1 fully saturated rings. The molecule has 0 heterocycles. The fourth-order valence-corrected chi connectivity index (χ4v) is 3.91. The van der Waals surface area contributed by atoms with E-state index in [1.807, 2.05) is 0 Å². The van der Waals surface area contributed by atoms with Gasteiger partial charge in [-0.15, -0.1) is 0 Å². The highest BCUT2D eigenvalue weighted by Gasteiger charge is 2.37. The molecule has 0 aliphatic heterocycles. The minimum Gasteiger partial charge on any atom is -0.481 e. The molecule has 0 spiro atoms. The summed E-state index contributed by atoms with van der Waals surface area (Å²) < 4.78 is 0. The Balaban J connectivity index is 2.46. The Kier molecular flexibility index (Phi) is 10.8. The second kappa shape index (κ2) is 12.3. The number of aliphatic hydroxyl groups is 1. The SMILES string of the molecule is CCCCC[C@H](C)/C=C/[C@@H]1[C@@H](C/C=C\CCCC(=O)O)[C@@H](O)C[C@H]1C. The molecule has 0 bridgehead atoms. The molecule has 3 nitrogen and oxygen atoms in total. The van der Waals surface area contributed by atoms with Gasteiger partial charge < -0.3 is 10.2 Å². The Morgan fingerprint density at radius 1 is 1.24 bits per heavy atom. The van der Waals surface area contributed by atoms with Crippen molar-refractivity contribution >= 4 is 5.97 Å². The van der Waals surface area contributed by atoms with E-state index in [9.17, 15) is 9.90 Å². The Morgan fingerprint density at radius 3 is 2.68 bits per heavy atom. The van der Waals surface area contributed by atoms with Gasteiger partial charge in [-0.3, -0.25) is 4.79 Å². The maximum absolute atomic E-state index is 10.5. The molecule has 5 atom stereocenters. The number of allylic oxidation sites excluding steroid dienone is 4. The molecule has 0 unspecified atom stereocenters. The quantitative estimate of drug-likeness (QED) is 0.356. The first kappa shape index (κ1) is 22.0. The molecular formula is C22H38O3. The zero-order valence-electron chi connectivity index (χ0n) is 16.4. The van der Waals surface area contributed by atoms with Gasteiger partial charge in [-0.2, -0.15) is 0 Å². The fraction of sp³-hybridized carbons (Fsp3) is 0.773. The average Bonchev–Trinajstić information content (AvgIpc) is 2.82. The summed E-state index contributed by atoms with van der Waals surface area (Å²) in [5, 5.41) is 19.0. The van der Waals surface area contributed by atoms with Gasteiger partial charge in [-0.05, 0) is 55.8 Å². The summed E-state index contributed by atoms with van der Waals surface area (Å²) in [5.74, 6) is 1.16. The van der Waals surface area contributed by atoms with Gasteiger partial charge in [-0.1, -0.05) is 64.3 Å². The van der Waals surface area contributed by atoms with Gasteiger partial charge in [0.1, 0.15) is 0 Å². The standard InChI is InChI=1S/C22H38O3/c1-4-5-8-11-17(2)14-15-19-18(3)16-21(23)20(19)12-9-6-7-10-13-22(24)25/h6,9,14-15,17-21,23H,4-5,7-8,10-13,16H2,1-3H3,(H,24,25)/b9-6-,15-14+/t17-,18+,19-,20+,21-/m0/s1. The van der Waals surface area contributed by atoms with Crippen LogP contribution in [0.2, 0.25) is 0 Å². The smallest absolute Gasteiger partial charge is 0.303 e. The Labute approximate surface area is 154 Å². The summed E-state index contributed by atoms with van der Waals surface area (Å²) in [5.41, 5.74) is 0. The molecule has 0 radical (unpaired) electrons. The second-order valence-corrected chi connectivity index (χ2v) is 7.87. The molecule has 1 saturated carbocycles. The number of carbonyl (C=O) groups is 1. The molecule has 144 valence electrons. The third-order valence-electron chi connectivity index (χ3n) is 5.52. The van der Waals surface area contributed by atoms with Crippen LogP contribution >= 0.6 is 0 Å². The molecule has 0 saturated heterocycles. The molecule has 1 rings (SSSR count). The summed E-state index contributed by atoms with van der Waals surface area (Å²) in [7, 11) is 0. The van der Waals surface area contributed by atoms with Crippen LogP contribution in [0.25, 0.3) is 0 Å². The van der Waals surface area contributed by atoms with E-state index in [2.05, 4.69) is 45.1 Å². The predicted octanol–water partition coefficient (Wildman–Crippen LogP) is 5.59. The first-order valence-corrected chi connectivity index (χ1v) is 10.2. The Bertz CT molecular complexity index is 427. The van der Waals surface area contributed by atoms with E-state index in [1.54, 1.807) is 0 Å². The van der Waals surface area contributed by atoms with Crippen LogP contribution in [0.5, 0.6) is 0 Å². The molecule has 0 amide bonds. The van der Waals surface area contributed by atoms with Crippen molar-refractivity contribution in [3.8, 4) is 0 Å². The summed E-state index contributed by atoms with van der Waals surface area (Å²) in [6.45, 7) is 6.78. The number of hydrogen-bond acceptors (Lipinski definition) is 2. The maximum Gasteiger partial charge on any atom is 0.303 e. The summed E-state index contributed by atoms with van der Waals surface area (Å²) in [4.78, 5) is 10.5. The van der Waals surface area contributed by atoms with Crippen molar-refractivity contribution < 1.29 is 15.0 Å². The lowest BCUT2D eigenvalue weighted by Gasteiger charge is -2.20. The van der Waals surface area contributed by atoms with Gasteiger partial charge in [0.25, 0.3) is 0 Å². The zero-order valence-corrected chi connectivity index (χ0v) is 16.4. The molecular weight excluding hydrogens is 312 g/mol. The average molecular weight is 351 g/mol. The Hall–Kier alpha value is -1.09. The van der Waals surface area contributed by atoms with Gasteiger partial charge in [0.15, 0.2) is 0 Å². The predicted molar refractivity (Wildman–Crippen MR) is 104 cm³/mol. The molecule has 2 N–H and O–H groups in total. The largest absolute Gasteiger partial charge is 0.481 e. The van der Waals surface area contributed by atoms with Crippen LogP contribution < -0.4 is 0 Å². The molecule has 0 aromatic heterocycles. The highest BCUT2D eigenvalue weighted by molar-refractivity contribution is 5.66. The molecule has 25 heavy (non-hydrogen) atoms. The number of carboxylic acid groups (broad SMARTS) is 1. The molecule has 0 aromatic carbocycles. The topological polar surface area (TPSA) is 57.5 Å². The van der Waals surface area contributed by atoms with Gasteiger partial charge in [0.05, 0.1) is 6.10 Å². The third-order valence-corrected chi connectivity index (χ3v) is 5.52. The van der Waals surface area contributed by atoms with Crippen LogP contribution in [0.3, 0.4) is 0 Å². The van der Waals surface area contributed by atoms with Crippen molar-refractivity contribution in [3.63, 3.8) is 0 Å². The van der Waals surface area contributed by atoms with Crippen molar-refractivity contribution in [2.45, 2.75) is 84.7 Å². The molecule has 1 aliphatic rings. The van der Waals surface area contributed by atoms with E-state index < -0.39 is 5.97 Å². The van der Waals surface area contributed by atoms with Gasteiger partial charge in [0, 0.05) is 6.42 Å². The third kappa shape index (κ3) is 8.71. The van der Waals surface area contributed by atoms with Gasteiger partial charge in [0.2, 0.25) is 0 Å².